The Morgan fingerprint density at radius 1 is 1.23 bits per heavy atom. The number of benzene rings is 1. The van der Waals surface area contributed by atoms with E-state index < -0.39 is 5.82 Å². The van der Waals surface area contributed by atoms with Crippen LogP contribution in [0.2, 0.25) is 5.02 Å². The molecule has 7 rings (SSSR count). The monoisotopic (exact) mass is 673 g/mol. The molecule has 250 valence electrons. The summed E-state index contributed by atoms with van der Waals surface area (Å²) >= 11 is 5.89. The highest BCUT2D eigenvalue weighted by molar-refractivity contribution is 6.30. The topological polar surface area (TPSA) is 119 Å². The fraction of sp³-hybridized carbons (Fsp3) is 0.457. The van der Waals surface area contributed by atoms with Crippen LogP contribution in [0.4, 0.5) is 10.1 Å². The van der Waals surface area contributed by atoms with Gasteiger partial charge in [0.2, 0.25) is 0 Å². The minimum absolute atomic E-state index is 0.0136. The van der Waals surface area contributed by atoms with Crippen molar-refractivity contribution in [1.82, 2.24) is 24.6 Å². The molecule has 3 aliphatic heterocycles. The number of piperidine rings is 1. The number of amides is 1. The summed E-state index contributed by atoms with van der Waals surface area (Å²) in [6.07, 6.45) is 4.44. The molecule has 0 spiro atoms. The van der Waals surface area contributed by atoms with Crippen LogP contribution in [0.3, 0.4) is 0 Å². The van der Waals surface area contributed by atoms with Crippen LogP contribution in [0, 0.1) is 23.1 Å². The maximum Gasteiger partial charge on any atom is 0.265 e. The summed E-state index contributed by atoms with van der Waals surface area (Å²) in [4.78, 5) is 26.0. The van der Waals surface area contributed by atoms with Crippen LogP contribution in [0.1, 0.15) is 50.2 Å². The number of nitriles is 1. The number of pyridine rings is 2. The van der Waals surface area contributed by atoms with Gasteiger partial charge in [-0.25, -0.2) is 14.1 Å². The molecule has 2 saturated heterocycles. The van der Waals surface area contributed by atoms with Crippen molar-refractivity contribution in [3.63, 3.8) is 0 Å². The zero-order chi connectivity index (χ0) is 33.7. The lowest BCUT2D eigenvalue weighted by Gasteiger charge is -2.51. The van der Waals surface area contributed by atoms with Crippen LogP contribution in [0.25, 0.3) is 22.2 Å². The molecule has 0 aliphatic carbocycles. The molecule has 6 heterocycles. The Labute approximate surface area is 283 Å². The molecular formula is C35H37ClFN7O4. The molecule has 1 amide bonds. The number of carbonyl (C=O) groups excluding carboxylic acids is 1. The van der Waals surface area contributed by atoms with Crippen molar-refractivity contribution in [2.45, 2.75) is 57.8 Å². The lowest BCUT2D eigenvalue weighted by Crippen LogP contribution is -2.64. The average molecular weight is 674 g/mol. The van der Waals surface area contributed by atoms with Gasteiger partial charge in [-0.15, -0.1) is 0 Å². The first-order valence-corrected chi connectivity index (χ1v) is 16.5. The predicted molar refractivity (Wildman–Crippen MR) is 177 cm³/mol. The summed E-state index contributed by atoms with van der Waals surface area (Å²) in [5.74, 6) is -0.234. The standard InChI is InChI=1S/C35H37ClFN7O4/c1-20(2)9-26-23(12-38)33(21-5-6-28-30(10-21)48-17-32(45)43(28)15-27-25(37)11-22(36)13-39-27)24-14-40-44(34(24)41-26)29-7-8-42(16-31(29)46-4)35(3)18-47-19-35/h5-6,10-11,13-14,20,29,31H,7-9,15-19H2,1-4H3/t29-,31+/m0/s1. The first kappa shape index (κ1) is 32.4. The van der Waals surface area contributed by atoms with E-state index in [2.05, 4.69) is 36.7 Å². The molecule has 2 fully saturated rings. The quantitative estimate of drug-likeness (QED) is 0.244. The van der Waals surface area contributed by atoms with Gasteiger partial charge in [0.1, 0.15) is 17.6 Å². The number of nitrogens with zero attached hydrogens (tertiary/aromatic N) is 7. The Balaban J connectivity index is 1.30. The van der Waals surface area contributed by atoms with Crippen molar-refractivity contribution >= 4 is 34.2 Å². The van der Waals surface area contributed by atoms with Crippen molar-refractivity contribution in [2.24, 2.45) is 5.92 Å². The summed E-state index contributed by atoms with van der Waals surface area (Å²) in [7, 11) is 1.74. The molecule has 2 atom stereocenters. The lowest BCUT2D eigenvalue weighted by molar-refractivity contribution is -0.155. The van der Waals surface area contributed by atoms with Crippen LogP contribution >= 0.6 is 11.6 Å². The molecule has 11 nitrogen and oxygen atoms in total. The number of halogens is 2. The van der Waals surface area contributed by atoms with Gasteiger partial charge in [0, 0.05) is 37.3 Å². The van der Waals surface area contributed by atoms with Gasteiger partial charge in [-0.05, 0) is 49.4 Å². The smallest absolute Gasteiger partial charge is 0.265 e. The van der Waals surface area contributed by atoms with E-state index in [1.807, 2.05) is 16.8 Å². The first-order valence-electron chi connectivity index (χ1n) is 16.1. The van der Waals surface area contributed by atoms with Gasteiger partial charge in [0.25, 0.3) is 5.91 Å². The van der Waals surface area contributed by atoms with E-state index in [-0.39, 0.29) is 53.4 Å². The van der Waals surface area contributed by atoms with Crippen molar-refractivity contribution < 1.29 is 23.4 Å². The van der Waals surface area contributed by atoms with E-state index >= 15 is 0 Å². The van der Waals surface area contributed by atoms with E-state index in [4.69, 9.17) is 35.9 Å². The molecule has 1 aromatic carbocycles. The number of methoxy groups -OCH3 is 1. The Morgan fingerprint density at radius 2 is 2.04 bits per heavy atom. The number of hydrogen-bond donors (Lipinski definition) is 0. The van der Waals surface area contributed by atoms with Crippen molar-refractivity contribution in [2.75, 3.05) is 44.9 Å². The second-order valence-corrected chi connectivity index (χ2v) is 13.9. The Kier molecular flexibility index (Phi) is 8.58. The largest absolute Gasteiger partial charge is 0.482 e. The van der Waals surface area contributed by atoms with Crippen molar-refractivity contribution in [3.8, 4) is 22.9 Å². The molecule has 3 aliphatic rings. The fourth-order valence-corrected chi connectivity index (χ4v) is 7.18. The molecule has 48 heavy (non-hydrogen) atoms. The van der Waals surface area contributed by atoms with Gasteiger partial charge in [0.15, 0.2) is 12.3 Å². The third kappa shape index (κ3) is 5.68. The SMILES string of the molecule is CO[C@@H]1CN(C2(C)COC2)CC[C@@H]1n1ncc2c(-c3ccc4c(c3)OCC(=O)N4Cc3ncc(Cl)cc3F)c(C#N)c(CC(C)C)nc21. The second kappa shape index (κ2) is 12.7. The first-order chi connectivity index (χ1) is 23.1. The molecule has 0 saturated carbocycles. The minimum Gasteiger partial charge on any atom is -0.482 e. The summed E-state index contributed by atoms with van der Waals surface area (Å²) in [5.41, 5.74) is 3.88. The maximum absolute atomic E-state index is 14.7. The van der Waals surface area contributed by atoms with Crippen molar-refractivity contribution in [1.29, 1.82) is 5.26 Å². The number of hydrogen-bond acceptors (Lipinski definition) is 9. The molecule has 4 aromatic rings. The minimum atomic E-state index is -0.597. The molecule has 0 radical (unpaired) electrons. The summed E-state index contributed by atoms with van der Waals surface area (Å²) < 4.78 is 34.1. The van der Waals surface area contributed by atoms with Gasteiger partial charge >= 0.3 is 0 Å². The number of fused-ring (bicyclic) bond motifs is 2. The normalized spacial score (nSPS) is 20.8. The summed E-state index contributed by atoms with van der Waals surface area (Å²) in [5, 5.41) is 16.3. The van der Waals surface area contributed by atoms with Crippen molar-refractivity contribution in [3.05, 3.63) is 64.5 Å². The average Bonchev–Trinajstić information content (AvgIpc) is 3.47. The van der Waals surface area contributed by atoms with Gasteiger partial charge in [-0.1, -0.05) is 31.5 Å². The zero-order valence-electron chi connectivity index (χ0n) is 27.4. The lowest BCUT2D eigenvalue weighted by atomic mass is 9.91. The fourth-order valence-electron chi connectivity index (χ4n) is 7.03. The van der Waals surface area contributed by atoms with Crippen LogP contribution < -0.4 is 9.64 Å². The Morgan fingerprint density at radius 3 is 2.73 bits per heavy atom. The van der Waals surface area contributed by atoms with E-state index in [1.165, 1.54) is 17.2 Å². The third-order valence-electron chi connectivity index (χ3n) is 9.65. The highest BCUT2D eigenvalue weighted by Gasteiger charge is 2.44. The number of anilines is 1. The Bertz CT molecular complexity index is 1940. The van der Waals surface area contributed by atoms with E-state index in [0.29, 0.717) is 53.5 Å². The molecule has 0 unspecified atom stereocenters. The highest BCUT2D eigenvalue weighted by Crippen LogP contribution is 2.42. The molecular weight excluding hydrogens is 637 g/mol. The zero-order valence-corrected chi connectivity index (χ0v) is 28.1. The maximum atomic E-state index is 14.7. The number of carbonyl (C=O) groups is 1. The van der Waals surface area contributed by atoms with E-state index in [1.54, 1.807) is 19.4 Å². The number of ether oxygens (including phenoxy) is 3. The van der Waals surface area contributed by atoms with Crippen LogP contribution in [-0.4, -0.2) is 82.2 Å². The number of rotatable bonds is 8. The third-order valence-corrected chi connectivity index (χ3v) is 9.85. The molecule has 3 aromatic heterocycles. The van der Waals surface area contributed by atoms with Gasteiger partial charge in [-0.3, -0.25) is 19.6 Å². The van der Waals surface area contributed by atoms with Crippen LogP contribution in [-0.2, 0) is 27.2 Å². The number of aromatic nitrogens is 4. The number of likely N-dealkylation sites (tertiary alicyclic amines) is 1. The van der Waals surface area contributed by atoms with Gasteiger partial charge < -0.3 is 14.2 Å². The molecule has 13 heteroatoms. The van der Waals surface area contributed by atoms with E-state index in [9.17, 15) is 14.4 Å². The summed E-state index contributed by atoms with van der Waals surface area (Å²) in [6.45, 7) is 9.17. The highest BCUT2D eigenvalue weighted by atomic mass is 35.5. The molecule has 0 bridgehead atoms. The molecule has 0 N–H and O–H groups in total. The van der Waals surface area contributed by atoms with Crippen LogP contribution in [0.15, 0.2) is 36.7 Å². The Hall–Kier alpha value is -4.15. The second-order valence-electron chi connectivity index (χ2n) is 13.4. The van der Waals surface area contributed by atoms with Crippen LogP contribution in [0.5, 0.6) is 5.75 Å². The summed E-state index contributed by atoms with van der Waals surface area (Å²) in [6, 6.07) is 8.99. The van der Waals surface area contributed by atoms with E-state index in [0.717, 1.165) is 30.5 Å². The van der Waals surface area contributed by atoms with Gasteiger partial charge in [0.05, 0.1) is 71.3 Å². The predicted octanol–water partition coefficient (Wildman–Crippen LogP) is 5.33. The van der Waals surface area contributed by atoms with Gasteiger partial charge in [-0.2, -0.15) is 10.4 Å².